The van der Waals surface area contributed by atoms with Crippen molar-refractivity contribution in [2.24, 2.45) is 0 Å². The van der Waals surface area contributed by atoms with Gasteiger partial charge in [0, 0.05) is 40.1 Å². The van der Waals surface area contributed by atoms with Crippen molar-refractivity contribution < 1.29 is 9.34 Å². The number of rotatable bonds is 4. The molecule has 4 aromatic rings. The van der Waals surface area contributed by atoms with Crippen molar-refractivity contribution in [3.05, 3.63) is 95.5 Å². The Morgan fingerprint density at radius 3 is 2.75 bits per heavy atom. The number of nitrogens with zero attached hydrogens (tertiary/aromatic N) is 1. The molecule has 0 saturated heterocycles. The van der Waals surface area contributed by atoms with E-state index in [9.17, 15) is 14.9 Å². The van der Waals surface area contributed by atoms with Crippen LogP contribution >= 0.6 is 22.9 Å². The number of halogens is 1. The molecule has 0 bridgehead atoms. The van der Waals surface area contributed by atoms with E-state index in [1.54, 1.807) is 35.6 Å². The molecular formula is C21H14ClNO4S. The number of hydrogen-bond acceptors (Lipinski definition) is 5. The third-order valence-corrected chi connectivity index (χ3v) is 5.71. The van der Waals surface area contributed by atoms with E-state index in [1.165, 1.54) is 12.1 Å². The molecule has 0 saturated carbocycles. The van der Waals surface area contributed by atoms with Gasteiger partial charge in [-0.1, -0.05) is 23.7 Å². The molecule has 0 amide bonds. The fourth-order valence-corrected chi connectivity index (χ4v) is 4.16. The zero-order valence-corrected chi connectivity index (χ0v) is 16.3. The first kappa shape index (κ1) is 18.4. The largest absolute Gasteiger partial charge is 0.422 e. The maximum absolute atomic E-state index is 12.6. The van der Waals surface area contributed by atoms with E-state index < -0.39 is 10.5 Å². The summed E-state index contributed by atoms with van der Waals surface area (Å²) >= 11 is 8.05. The average Bonchev–Trinajstić information content (AvgIpc) is 3.20. The van der Waals surface area contributed by atoms with E-state index in [2.05, 4.69) is 0 Å². The third-order valence-electron chi connectivity index (χ3n) is 4.71. The minimum Gasteiger partial charge on any atom is -0.422 e. The van der Waals surface area contributed by atoms with Gasteiger partial charge in [-0.15, -0.1) is 0 Å². The van der Waals surface area contributed by atoms with Crippen LogP contribution in [0, 0.1) is 17.0 Å². The van der Waals surface area contributed by atoms with Gasteiger partial charge in [0.15, 0.2) is 0 Å². The van der Waals surface area contributed by atoms with Gasteiger partial charge >= 0.3 is 5.63 Å². The highest BCUT2D eigenvalue weighted by molar-refractivity contribution is 7.08. The second-order valence-electron chi connectivity index (χ2n) is 6.44. The van der Waals surface area contributed by atoms with E-state index in [1.807, 2.05) is 23.8 Å². The first-order valence-corrected chi connectivity index (χ1v) is 9.78. The van der Waals surface area contributed by atoms with Gasteiger partial charge in [-0.2, -0.15) is 11.3 Å². The van der Waals surface area contributed by atoms with Gasteiger partial charge in [0.1, 0.15) is 5.58 Å². The van der Waals surface area contributed by atoms with E-state index in [4.69, 9.17) is 16.0 Å². The highest BCUT2D eigenvalue weighted by Gasteiger charge is 2.16. The molecule has 7 heteroatoms. The average molecular weight is 412 g/mol. The Kier molecular flexibility index (Phi) is 4.75. The molecule has 2 heterocycles. The number of aryl methyl sites for hydroxylation is 1. The normalized spacial score (nSPS) is 11.1. The minimum absolute atomic E-state index is 0.0104. The molecule has 2 aromatic carbocycles. The summed E-state index contributed by atoms with van der Waals surface area (Å²) in [5.41, 5.74) is 3.69. The number of benzene rings is 2. The molecule has 0 fully saturated rings. The van der Waals surface area contributed by atoms with Crippen LogP contribution in [0.4, 0.5) is 5.69 Å². The summed E-state index contributed by atoms with van der Waals surface area (Å²) in [7, 11) is 0. The number of nitro groups is 1. The predicted molar refractivity (Wildman–Crippen MR) is 111 cm³/mol. The van der Waals surface area contributed by atoms with Gasteiger partial charge in [0.2, 0.25) is 0 Å². The maximum Gasteiger partial charge on any atom is 0.340 e. The van der Waals surface area contributed by atoms with E-state index in [0.717, 1.165) is 22.1 Å². The van der Waals surface area contributed by atoms with Crippen LogP contribution < -0.4 is 5.63 Å². The van der Waals surface area contributed by atoms with Crippen molar-refractivity contribution in [2.75, 3.05) is 0 Å². The standard InChI is InChI=1S/C21H14ClNO4S/c1-12-16-9-19(22)18(14-5-6-28-11-14)10-20(16)27-21(24)17(12)8-13-3-2-4-15(7-13)23(25)26/h2-7,9-11H,8H2,1H3. The molecule has 0 atom stereocenters. The minimum atomic E-state index is -0.453. The molecule has 2 aromatic heterocycles. The van der Waals surface area contributed by atoms with Crippen LogP contribution in [0.2, 0.25) is 5.02 Å². The number of nitro benzene ring substituents is 1. The third kappa shape index (κ3) is 3.32. The highest BCUT2D eigenvalue weighted by Crippen LogP contribution is 2.34. The molecule has 0 radical (unpaired) electrons. The number of non-ortho nitro benzene ring substituents is 1. The molecule has 0 spiro atoms. The monoisotopic (exact) mass is 411 g/mol. The molecule has 28 heavy (non-hydrogen) atoms. The topological polar surface area (TPSA) is 73.3 Å². The van der Waals surface area contributed by atoms with Crippen LogP contribution in [-0.2, 0) is 6.42 Å². The quantitative estimate of drug-likeness (QED) is 0.235. The summed E-state index contributed by atoms with van der Waals surface area (Å²) in [6.45, 7) is 1.84. The van der Waals surface area contributed by atoms with Crippen molar-refractivity contribution in [3.8, 4) is 11.1 Å². The predicted octanol–water partition coefficient (Wildman–Crippen LogP) is 5.98. The van der Waals surface area contributed by atoms with Gasteiger partial charge in [-0.25, -0.2) is 4.79 Å². The number of hydrogen-bond donors (Lipinski definition) is 0. The lowest BCUT2D eigenvalue weighted by atomic mass is 9.98. The molecule has 140 valence electrons. The van der Waals surface area contributed by atoms with Gasteiger partial charge in [0.25, 0.3) is 5.69 Å². The summed E-state index contributed by atoms with van der Waals surface area (Å²) in [5.74, 6) is 0. The smallest absolute Gasteiger partial charge is 0.340 e. The van der Waals surface area contributed by atoms with Crippen molar-refractivity contribution in [1.29, 1.82) is 0 Å². The zero-order valence-electron chi connectivity index (χ0n) is 14.8. The van der Waals surface area contributed by atoms with Crippen LogP contribution in [0.15, 0.2) is 62.4 Å². The Hall–Kier alpha value is -2.96. The lowest BCUT2D eigenvalue weighted by Gasteiger charge is -2.10. The van der Waals surface area contributed by atoms with Gasteiger partial charge in [0.05, 0.1) is 4.92 Å². The molecule has 0 N–H and O–H groups in total. The van der Waals surface area contributed by atoms with E-state index in [-0.39, 0.29) is 12.1 Å². The van der Waals surface area contributed by atoms with Crippen LogP contribution in [-0.4, -0.2) is 4.92 Å². The summed E-state index contributed by atoms with van der Waals surface area (Å²) in [4.78, 5) is 23.2. The Labute approximate surface area is 169 Å². The second-order valence-corrected chi connectivity index (χ2v) is 7.62. The van der Waals surface area contributed by atoms with Crippen LogP contribution in [0.3, 0.4) is 0 Å². The van der Waals surface area contributed by atoms with Crippen molar-refractivity contribution in [2.45, 2.75) is 13.3 Å². The number of fused-ring (bicyclic) bond motifs is 1. The molecule has 5 nitrogen and oxygen atoms in total. The van der Waals surface area contributed by atoms with Gasteiger partial charge < -0.3 is 4.42 Å². The molecule has 0 aliphatic rings. The summed E-state index contributed by atoms with van der Waals surface area (Å²) in [6.07, 6.45) is 0.246. The Morgan fingerprint density at radius 1 is 1.21 bits per heavy atom. The Morgan fingerprint density at radius 2 is 2.04 bits per heavy atom. The summed E-state index contributed by atoms with van der Waals surface area (Å²) in [6, 6.07) is 11.8. The molecule has 0 aliphatic heterocycles. The van der Waals surface area contributed by atoms with Crippen LogP contribution in [0.1, 0.15) is 16.7 Å². The fourth-order valence-electron chi connectivity index (χ4n) is 3.24. The lowest BCUT2D eigenvalue weighted by Crippen LogP contribution is -2.11. The van der Waals surface area contributed by atoms with Gasteiger partial charge in [-0.05, 0) is 52.6 Å². The first-order valence-electron chi connectivity index (χ1n) is 8.46. The maximum atomic E-state index is 12.6. The highest BCUT2D eigenvalue weighted by atomic mass is 35.5. The molecule has 0 aliphatic carbocycles. The van der Waals surface area contributed by atoms with Crippen molar-refractivity contribution in [3.63, 3.8) is 0 Å². The van der Waals surface area contributed by atoms with Crippen molar-refractivity contribution in [1.82, 2.24) is 0 Å². The lowest BCUT2D eigenvalue weighted by molar-refractivity contribution is -0.384. The fraction of sp³-hybridized carbons (Fsp3) is 0.0952. The Balaban J connectivity index is 1.82. The SMILES string of the molecule is Cc1c(Cc2cccc([N+](=O)[O-])c2)c(=O)oc2cc(-c3ccsc3)c(Cl)cc12. The first-order chi connectivity index (χ1) is 13.4. The molecule has 0 unspecified atom stereocenters. The van der Waals surface area contributed by atoms with Crippen molar-refractivity contribution >= 4 is 39.6 Å². The van der Waals surface area contributed by atoms with Crippen LogP contribution in [0.5, 0.6) is 0 Å². The number of thiophene rings is 1. The second kappa shape index (κ2) is 7.22. The summed E-state index contributed by atoms with van der Waals surface area (Å²) in [5, 5.41) is 16.3. The van der Waals surface area contributed by atoms with E-state index in [0.29, 0.717) is 21.7 Å². The summed E-state index contributed by atoms with van der Waals surface area (Å²) < 4.78 is 5.57. The van der Waals surface area contributed by atoms with Gasteiger partial charge in [-0.3, -0.25) is 10.1 Å². The molecule has 4 rings (SSSR count). The van der Waals surface area contributed by atoms with E-state index >= 15 is 0 Å². The molecular weight excluding hydrogens is 398 g/mol. The van der Waals surface area contributed by atoms with Crippen LogP contribution in [0.25, 0.3) is 22.1 Å². The zero-order chi connectivity index (χ0) is 19.8. The Bertz CT molecular complexity index is 1260.